The molecule has 0 bridgehead atoms. The highest BCUT2D eigenvalue weighted by Gasteiger charge is 2.23. The Morgan fingerprint density at radius 1 is 0.750 bits per heavy atom. The van der Waals surface area contributed by atoms with Gasteiger partial charge in [0.1, 0.15) is 11.1 Å². The largest absolute Gasteiger partial charge is 0.398 e. The number of hydrogen-bond acceptors (Lipinski definition) is 10. The Balaban J connectivity index is 2.41. The quantitative estimate of drug-likeness (QED) is 0.217. The van der Waals surface area contributed by atoms with Gasteiger partial charge in [-0.05, 0) is 12.1 Å². The zero-order valence-electron chi connectivity index (χ0n) is 13.8. The Kier molecular flexibility index (Phi) is 5.95. The van der Waals surface area contributed by atoms with E-state index in [1.54, 1.807) is 0 Å². The third kappa shape index (κ3) is 4.24. The Bertz CT molecular complexity index is 946. The molecule has 0 aromatic heterocycles. The SMILES string of the molecule is NC(=O)c1cc(SSc2cc(C(N)=O)c([N+](=O)[O-])cc2N)c(N)cc1[N+](=O)[O-]. The maximum absolute atomic E-state index is 11.5. The maximum Gasteiger partial charge on any atom is 0.284 e. The van der Waals surface area contributed by atoms with Gasteiger partial charge in [-0.2, -0.15) is 0 Å². The van der Waals surface area contributed by atoms with Gasteiger partial charge in [-0.15, -0.1) is 0 Å². The summed E-state index contributed by atoms with van der Waals surface area (Å²) in [5, 5.41) is 22.0. The second-order valence-corrected chi connectivity index (χ2v) is 7.44. The molecule has 2 rings (SSSR count). The van der Waals surface area contributed by atoms with E-state index in [2.05, 4.69) is 0 Å². The maximum atomic E-state index is 11.5. The number of hydrogen-bond donors (Lipinski definition) is 4. The summed E-state index contributed by atoms with van der Waals surface area (Å²) in [7, 11) is 1.92. The van der Waals surface area contributed by atoms with Gasteiger partial charge in [-0.3, -0.25) is 29.8 Å². The normalized spacial score (nSPS) is 10.4. The topological polar surface area (TPSA) is 225 Å². The van der Waals surface area contributed by atoms with Crippen molar-refractivity contribution in [3.63, 3.8) is 0 Å². The average Bonchev–Trinajstić information content (AvgIpc) is 2.60. The predicted molar refractivity (Wildman–Crippen MR) is 104 cm³/mol. The second kappa shape index (κ2) is 8.01. The Labute approximate surface area is 164 Å². The lowest BCUT2D eigenvalue weighted by Gasteiger charge is -2.10. The zero-order valence-corrected chi connectivity index (χ0v) is 15.4. The molecule has 28 heavy (non-hydrogen) atoms. The molecule has 8 N–H and O–H groups in total. The van der Waals surface area contributed by atoms with Crippen LogP contribution in [-0.2, 0) is 0 Å². The molecule has 0 aliphatic heterocycles. The molecule has 0 unspecified atom stereocenters. The fourth-order valence-corrected chi connectivity index (χ4v) is 4.33. The third-order valence-corrected chi connectivity index (χ3v) is 5.88. The zero-order chi connectivity index (χ0) is 21.2. The fourth-order valence-electron chi connectivity index (χ4n) is 2.10. The first-order valence-corrected chi connectivity index (χ1v) is 9.27. The molecule has 0 aliphatic rings. The Morgan fingerprint density at radius 3 is 1.32 bits per heavy atom. The van der Waals surface area contributed by atoms with Crippen LogP contribution in [0.1, 0.15) is 20.7 Å². The van der Waals surface area contributed by atoms with Gasteiger partial charge in [0.05, 0.1) is 21.2 Å². The van der Waals surface area contributed by atoms with Crippen LogP contribution < -0.4 is 22.9 Å². The number of nitrogen functional groups attached to an aromatic ring is 2. The van der Waals surface area contributed by atoms with Crippen LogP contribution >= 0.6 is 21.6 Å². The number of nitro groups is 2. The van der Waals surface area contributed by atoms with E-state index >= 15 is 0 Å². The average molecular weight is 424 g/mol. The molecule has 146 valence electrons. The van der Waals surface area contributed by atoms with Crippen LogP contribution in [0.2, 0.25) is 0 Å². The number of nitro benzene ring substituents is 2. The molecule has 0 saturated heterocycles. The molecule has 2 amide bonds. The van der Waals surface area contributed by atoms with E-state index < -0.39 is 33.0 Å². The third-order valence-electron chi connectivity index (χ3n) is 3.40. The lowest BCUT2D eigenvalue weighted by molar-refractivity contribution is -0.385. The summed E-state index contributed by atoms with van der Waals surface area (Å²) in [5.41, 5.74) is 20.2. The van der Waals surface area contributed by atoms with Crippen LogP contribution in [0.15, 0.2) is 34.1 Å². The number of carbonyl (C=O) groups is 2. The van der Waals surface area contributed by atoms with Crippen LogP contribution in [0, 0.1) is 20.2 Å². The van der Waals surface area contributed by atoms with Gasteiger partial charge in [0.2, 0.25) is 0 Å². The van der Waals surface area contributed by atoms with Gasteiger partial charge in [0.15, 0.2) is 0 Å². The van der Waals surface area contributed by atoms with Crippen molar-refractivity contribution in [2.24, 2.45) is 11.5 Å². The highest BCUT2D eigenvalue weighted by Crippen LogP contribution is 2.45. The molecule has 12 nitrogen and oxygen atoms in total. The van der Waals surface area contributed by atoms with Crippen LogP contribution in [0.4, 0.5) is 22.7 Å². The van der Waals surface area contributed by atoms with E-state index in [1.165, 1.54) is 0 Å². The second-order valence-electron chi connectivity index (χ2n) is 5.22. The number of amides is 2. The van der Waals surface area contributed by atoms with Gasteiger partial charge in [0, 0.05) is 21.9 Å². The first-order valence-electron chi connectivity index (χ1n) is 7.12. The minimum absolute atomic E-state index is 0.00445. The number of benzene rings is 2. The van der Waals surface area contributed by atoms with E-state index in [9.17, 15) is 29.8 Å². The number of anilines is 2. The van der Waals surface area contributed by atoms with Crippen molar-refractivity contribution >= 4 is 56.2 Å². The molecular weight excluding hydrogens is 412 g/mol. The van der Waals surface area contributed by atoms with Crippen molar-refractivity contribution < 1.29 is 19.4 Å². The monoisotopic (exact) mass is 424 g/mol. The van der Waals surface area contributed by atoms with Crippen LogP contribution in [0.25, 0.3) is 0 Å². The van der Waals surface area contributed by atoms with Crippen LogP contribution in [0.3, 0.4) is 0 Å². The number of carbonyl (C=O) groups excluding carboxylic acids is 2. The minimum atomic E-state index is -1.01. The van der Waals surface area contributed by atoms with Crippen molar-refractivity contribution in [1.82, 2.24) is 0 Å². The van der Waals surface area contributed by atoms with E-state index in [0.29, 0.717) is 0 Å². The van der Waals surface area contributed by atoms with Crippen molar-refractivity contribution in [2.45, 2.75) is 9.79 Å². The summed E-state index contributed by atoms with van der Waals surface area (Å²) in [6.45, 7) is 0. The summed E-state index contributed by atoms with van der Waals surface area (Å²) in [6.07, 6.45) is 0. The molecule has 0 fully saturated rings. The molecule has 0 atom stereocenters. The number of nitrogens with zero attached hydrogens (tertiary/aromatic N) is 2. The molecule has 2 aromatic rings. The lowest BCUT2D eigenvalue weighted by atomic mass is 10.1. The molecule has 0 aliphatic carbocycles. The summed E-state index contributed by atoms with van der Waals surface area (Å²) in [4.78, 5) is 43.9. The summed E-state index contributed by atoms with van der Waals surface area (Å²) >= 11 is 0. The van der Waals surface area contributed by atoms with Gasteiger partial charge in [-0.25, -0.2) is 0 Å². The van der Waals surface area contributed by atoms with E-state index in [1.807, 2.05) is 0 Å². The number of nitrogens with two attached hydrogens (primary N) is 4. The van der Waals surface area contributed by atoms with E-state index in [0.717, 1.165) is 45.9 Å². The Hall–Kier alpha value is -3.52. The molecule has 0 heterocycles. The lowest BCUT2D eigenvalue weighted by Crippen LogP contribution is -2.14. The molecule has 2 aromatic carbocycles. The first kappa shape index (κ1) is 20.8. The predicted octanol–water partition coefficient (Wildman–Crippen LogP) is 1.66. The highest BCUT2D eigenvalue weighted by atomic mass is 33.1. The fraction of sp³-hybridized carbons (Fsp3) is 0. The van der Waals surface area contributed by atoms with Crippen LogP contribution in [0.5, 0.6) is 0 Å². The summed E-state index contributed by atoms with van der Waals surface area (Å²) in [5.74, 6) is -2.02. The summed E-state index contributed by atoms with van der Waals surface area (Å²) in [6, 6.07) is 4.31. The number of rotatable bonds is 7. The highest BCUT2D eigenvalue weighted by molar-refractivity contribution is 8.76. The Morgan fingerprint density at radius 2 is 1.07 bits per heavy atom. The smallest absolute Gasteiger partial charge is 0.284 e. The van der Waals surface area contributed by atoms with E-state index in [-0.39, 0.29) is 32.3 Å². The van der Waals surface area contributed by atoms with Crippen molar-refractivity contribution in [1.29, 1.82) is 0 Å². The first-order chi connectivity index (χ1) is 13.0. The molecule has 0 saturated carbocycles. The van der Waals surface area contributed by atoms with Crippen molar-refractivity contribution in [2.75, 3.05) is 11.5 Å². The molecule has 0 radical (unpaired) electrons. The van der Waals surface area contributed by atoms with Crippen molar-refractivity contribution in [3.05, 3.63) is 55.6 Å². The van der Waals surface area contributed by atoms with Crippen LogP contribution in [-0.4, -0.2) is 21.7 Å². The van der Waals surface area contributed by atoms with Gasteiger partial charge in [-0.1, -0.05) is 21.6 Å². The van der Waals surface area contributed by atoms with Gasteiger partial charge < -0.3 is 22.9 Å². The molecule has 14 heteroatoms. The molecular formula is C14H12N6O6S2. The van der Waals surface area contributed by atoms with Gasteiger partial charge >= 0.3 is 0 Å². The summed E-state index contributed by atoms with van der Waals surface area (Å²) < 4.78 is 0. The molecule has 0 spiro atoms. The minimum Gasteiger partial charge on any atom is -0.398 e. The standard InChI is InChI=1S/C14H12N6O6S2/c15-7-3-9(19(23)24)5(13(17)21)1-11(7)27-28-12-2-6(14(18)22)10(20(25)26)4-8(12)16/h1-4H,15-16H2,(H2,17,21)(H2,18,22). The van der Waals surface area contributed by atoms with Crippen molar-refractivity contribution in [3.8, 4) is 0 Å². The van der Waals surface area contributed by atoms with Gasteiger partial charge in [0.25, 0.3) is 23.2 Å². The van der Waals surface area contributed by atoms with E-state index in [4.69, 9.17) is 22.9 Å². The number of primary amides is 2.